The molecule has 1 N–H and O–H groups in total. The zero-order valence-electron chi connectivity index (χ0n) is 11.4. The van der Waals surface area contributed by atoms with E-state index in [2.05, 4.69) is 19.2 Å². The van der Waals surface area contributed by atoms with Crippen LogP contribution in [-0.4, -0.2) is 26.8 Å². The first kappa shape index (κ1) is 13.5. The van der Waals surface area contributed by atoms with E-state index >= 15 is 0 Å². The average Bonchev–Trinajstić information content (AvgIpc) is 2.28. The van der Waals surface area contributed by atoms with Crippen LogP contribution in [0.5, 0.6) is 0 Å². The van der Waals surface area contributed by atoms with Gasteiger partial charge >= 0.3 is 0 Å². The Labute approximate surface area is 109 Å². The van der Waals surface area contributed by atoms with Crippen LogP contribution in [-0.2, 0) is 10.2 Å². The molecule has 100 valence electrons. The number of nitrogens with one attached hydrogen (secondary N) is 1. The van der Waals surface area contributed by atoms with Gasteiger partial charge in [-0.15, -0.1) is 0 Å². The predicted octanol–water partition coefficient (Wildman–Crippen LogP) is 2.59. The lowest BCUT2D eigenvalue weighted by molar-refractivity contribution is -0.0995. The van der Waals surface area contributed by atoms with Crippen molar-refractivity contribution in [3.63, 3.8) is 0 Å². The number of rotatable bonds is 5. The Bertz CT molecular complexity index is 384. The summed E-state index contributed by atoms with van der Waals surface area (Å²) in [6.45, 7) is 6.92. The molecular weight excluding hydrogens is 229 g/mol. The van der Waals surface area contributed by atoms with Gasteiger partial charge in [0.25, 0.3) is 0 Å². The Morgan fingerprint density at radius 2 is 1.89 bits per heavy atom. The number of benzene rings is 1. The zero-order chi connectivity index (χ0) is 13.2. The molecule has 1 atom stereocenters. The average molecular weight is 251 g/mol. The lowest BCUT2D eigenvalue weighted by Gasteiger charge is -2.49. The second-order valence-electron chi connectivity index (χ2n) is 5.56. The van der Waals surface area contributed by atoms with Gasteiger partial charge in [-0.05, 0) is 43.1 Å². The van der Waals surface area contributed by atoms with E-state index in [1.165, 1.54) is 5.56 Å². The Hall–Kier alpha value is -0.930. The molecule has 0 bridgehead atoms. The fourth-order valence-corrected chi connectivity index (χ4v) is 2.99. The second-order valence-corrected chi connectivity index (χ2v) is 5.56. The molecule has 0 aromatic heterocycles. The van der Waals surface area contributed by atoms with Gasteiger partial charge in [0.05, 0.1) is 13.2 Å². The maximum Gasteiger partial charge on any atom is 0.123 e. The highest BCUT2D eigenvalue weighted by Crippen LogP contribution is 2.42. The van der Waals surface area contributed by atoms with Gasteiger partial charge < -0.3 is 10.1 Å². The molecule has 1 unspecified atom stereocenters. The molecule has 2 nitrogen and oxygen atoms in total. The normalized spacial score (nSPS) is 19.6. The highest BCUT2D eigenvalue weighted by atomic mass is 19.1. The summed E-state index contributed by atoms with van der Waals surface area (Å²) < 4.78 is 18.5. The van der Waals surface area contributed by atoms with Crippen molar-refractivity contribution < 1.29 is 9.13 Å². The predicted molar refractivity (Wildman–Crippen MR) is 71.2 cm³/mol. The Balaban J connectivity index is 2.31. The third-order valence-corrected chi connectivity index (χ3v) is 4.08. The van der Waals surface area contributed by atoms with E-state index in [1.54, 1.807) is 12.1 Å². The molecule has 1 fully saturated rings. The summed E-state index contributed by atoms with van der Waals surface area (Å²) in [5, 5.41) is 3.27. The SMILES string of the molecule is CNCC(C(C)C)C1(c2ccc(F)cc2)COC1. The lowest BCUT2D eigenvalue weighted by Crippen LogP contribution is -2.56. The van der Waals surface area contributed by atoms with E-state index in [1.807, 2.05) is 19.2 Å². The van der Waals surface area contributed by atoms with Crippen LogP contribution in [0, 0.1) is 17.7 Å². The van der Waals surface area contributed by atoms with Gasteiger partial charge in [0.15, 0.2) is 0 Å². The van der Waals surface area contributed by atoms with Gasteiger partial charge in [0.1, 0.15) is 5.82 Å². The number of hydrogen-bond donors (Lipinski definition) is 1. The van der Waals surface area contributed by atoms with Crippen LogP contribution in [0.2, 0.25) is 0 Å². The molecule has 0 spiro atoms. The molecule has 2 rings (SSSR count). The molecule has 0 radical (unpaired) electrons. The minimum absolute atomic E-state index is 0.0465. The minimum atomic E-state index is -0.177. The minimum Gasteiger partial charge on any atom is -0.379 e. The summed E-state index contributed by atoms with van der Waals surface area (Å²) in [6.07, 6.45) is 0. The summed E-state index contributed by atoms with van der Waals surface area (Å²) in [5.41, 5.74) is 1.24. The van der Waals surface area contributed by atoms with E-state index < -0.39 is 0 Å². The van der Waals surface area contributed by atoms with Gasteiger partial charge in [-0.25, -0.2) is 4.39 Å². The zero-order valence-corrected chi connectivity index (χ0v) is 11.4. The number of halogens is 1. The lowest BCUT2D eigenvalue weighted by atomic mass is 9.64. The Morgan fingerprint density at radius 1 is 1.28 bits per heavy atom. The van der Waals surface area contributed by atoms with Crippen molar-refractivity contribution in [2.75, 3.05) is 26.8 Å². The van der Waals surface area contributed by atoms with Gasteiger partial charge in [0.2, 0.25) is 0 Å². The van der Waals surface area contributed by atoms with Crippen LogP contribution in [0.1, 0.15) is 19.4 Å². The molecule has 18 heavy (non-hydrogen) atoms. The van der Waals surface area contributed by atoms with Crippen molar-refractivity contribution >= 4 is 0 Å². The summed E-state index contributed by atoms with van der Waals surface area (Å²) in [7, 11) is 1.98. The summed E-state index contributed by atoms with van der Waals surface area (Å²) in [6, 6.07) is 6.91. The van der Waals surface area contributed by atoms with Crippen LogP contribution in [0.25, 0.3) is 0 Å². The van der Waals surface area contributed by atoms with Crippen molar-refractivity contribution in [1.82, 2.24) is 5.32 Å². The molecule has 1 heterocycles. The summed E-state index contributed by atoms with van der Waals surface area (Å²) in [5.74, 6) is 0.886. The maximum absolute atomic E-state index is 13.1. The van der Waals surface area contributed by atoms with Crippen molar-refractivity contribution in [2.24, 2.45) is 11.8 Å². The third-order valence-electron chi connectivity index (χ3n) is 4.08. The van der Waals surface area contributed by atoms with Crippen LogP contribution >= 0.6 is 0 Å². The van der Waals surface area contributed by atoms with Crippen LogP contribution in [0.3, 0.4) is 0 Å². The molecule has 0 saturated carbocycles. The van der Waals surface area contributed by atoms with E-state index in [9.17, 15) is 4.39 Å². The Morgan fingerprint density at radius 3 is 2.28 bits per heavy atom. The molecule has 1 aromatic carbocycles. The quantitative estimate of drug-likeness (QED) is 0.868. The van der Waals surface area contributed by atoms with Gasteiger partial charge in [-0.2, -0.15) is 0 Å². The molecule has 1 aliphatic rings. The molecule has 1 aliphatic heterocycles. The van der Waals surface area contributed by atoms with Gasteiger partial charge in [0, 0.05) is 5.41 Å². The largest absolute Gasteiger partial charge is 0.379 e. The molecule has 1 saturated heterocycles. The third kappa shape index (κ3) is 2.29. The van der Waals surface area contributed by atoms with Crippen LogP contribution in [0.15, 0.2) is 24.3 Å². The first-order chi connectivity index (χ1) is 8.60. The molecule has 3 heteroatoms. The topological polar surface area (TPSA) is 21.3 Å². The second kappa shape index (κ2) is 5.37. The molecular formula is C15H22FNO. The van der Waals surface area contributed by atoms with Crippen molar-refractivity contribution in [3.8, 4) is 0 Å². The first-order valence-electron chi connectivity index (χ1n) is 6.58. The standard InChI is InChI=1S/C15H22FNO/c1-11(2)14(8-17-3)15(9-18-10-15)12-4-6-13(16)7-5-12/h4-7,11,14,17H,8-10H2,1-3H3. The van der Waals surface area contributed by atoms with Crippen molar-refractivity contribution in [2.45, 2.75) is 19.3 Å². The fraction of sp³-hybridized carbons (Fsp3) is 0.600. The van der Waals surface area contributed by atoms with E-state index in [0.717, 1.165) is 19.8 Å². The summed E-state index contributed by atoms with van der Waals surface area (Å²) in [4.78, 5) is 0. The monoisotopic (exact) mass is 251 g/mol. The smallest absolute Gasteiger partial charge is 0.123 e. The van der Waals surface area contributed by atoms with E-state index in [4.69, 9.17) is 4.74 Å². The van der Waals surface area contributed by atoms with E-state index in [-0.39, 0.29) is 11.2 Å². The highest BCUT2D eigenvalue weighted by molar-refractivity contribution is 5.30. The van der Waals surface area contributed by atoms with Gasteiger partial charge in [-0.1, -0.05) is 26.0 Å². The fourth-order valence-electron chi connectivity index (χ4n) is 2.99. The molecule has 0 amide bonds. The van der Waals surface area contributed by atoms with Crippen molar-refractivity contribution in [1.29, 1.82) is 0 Å². The number of hydrogen-bond acceptors (Lipinski definition) is 2. The Kier molecular flexibility index (Phi) is 4.03. The van der Waals surface area contributed by atoms with E-state index in [0.29, 0.717) is 11.8 Å². The maximum atomic E-state index is 13.1. The number of ether oxygens (including phenoxy) is 1. The molecule has 0 aliphatic carbocycles. The van der Waals surface area contributed by atoms with Crippen LogP contribution in [0.4, 0.5) is 4.39 Å². The van der Waals surface area contributed by atoms with Crippen LogP contribution < -0.4 is 5.32 Å². The first-order valence-corrected chi connectivity index (χ1v) is 6.58. The highest BCUT2D eigenvalue weighted by Gasteiger charge is 2.47. The molecule has 1 aromatic rings. The summed E-state index contributed by atoms with van der Waals surface area (Å²) >= 11 is 0. The van der Waals surface area contributed by atoms with Gasteiger partial charge in [-0.3, -0.25) is 0 Å². The van der Waals surface area contributed by atoms with Crippen molar-refractivity contribution in [3.05, 3.63) is 35.6 Å².